The molecule has 0 aromatic rings. The maximum atomic E-state index is 2.48. The van der Waals surface area contributed by atoms with Gasteiger partial charge in [-0.15, -0.1) is 0 Å². The first-order valence-electron chi connectivity index (χ1n) is 7.59. The zero-order valence-electron chi connectivity index (χ0n) is 12.6. The third-order valence-corrected chi connectivity index (χ3v) is 4.06. The van der Waals surface area contributed by atoms with Crippen molar-refractivity contribution in [1.29, 1.82) is 0 Å². The van der Waals surface area contributed by atoms with Crippen molar-refractivity contribution in [3.63, 3.8) is 0 Å². The second kappa shape index (κ2) is 9.07. The summed E-state index contributed by atoms with van der Waals surface area (Å²) in [4.78, 5) is 0. The molecular formula is C16H34. The summed E-state index contributed by atoms with van der Waals surface area (Å²) < 4.78 is 0. The SMILES string of the molecule is CC.CC(C)CCC(C)C1CCC(C)CC1. The molecule has 0 aromatic heterocycles. The van der Waals surface area contributed by atoms with Crippen LogP contribution in [0.15, 0.2) is 0 Å². The fourth-order valence-corrected chi connectivity index (χ4v) is 2.69. The van der Waals surface area contributed by atoms with E-state index in [9.17, 15) is 0 Å². The first kappa shape index (κ1) is 16.0. The third-order valence-electron chi connectivity index (χ3n) is 4.06. The Kier molecular flexibility index (Phi) is 9.07. The van der Waals surface area contributed by atoms with Crippen molar-refractivity contribution in [3.05, 3.63) is 0 Å². The van der Waals surface area contributed by atoms with Crippen LogP contribution in [0.2, 0.25) is 0 Å². The molecule has 1 saturated carbocycles. The summed E-state index contributed by atoms with van der Waals surface area (Å²) in [6.45, 7) is 13.6. The molecule has 0 radical (unpaired) electrons. The van der Waals surface area contributed by atoms with E-state index in [0.717, 1.165) is 23.7 Å². The molecule has 0 heteroatoms. The summed E-state index contributed by atoms with van der Waals surface area (Å²) in [5, 5.41) is 0. The van der Waals surface area contributed by atoms with Crippen molar-refractivity contribution in [2.75, 3.05) is 0 Å². The second-order valence-corrected chi connectivity index (χ2v) is 5.97. The highest BCUT2D eigenvalue weighted by Gasteiger charge is 2.22. The Balaban J connectivity index is 0.00000106. The van der Waals surface area contributed by atoms with Gasteiger partial charge >= 0.3 is 0 Å². The van der Waals surface area contributed by atoms with Crippen LogP contribution in [0.1, 0.15) is 80.1 Å². The molecule has 1 aliphatic rings. The molecule has 1 unspecified atom stereocenters. The van der Waals surface area contributed by atoms with Crippen LogP contribution in [0.25, 0.3) is 0 Å². The minimum Gasteiger partial charge on any atom is -0.0683 e. The normalized spacial score (nSPS) is 27.2. The summed E-state index contributed by atoms with van der Waals surface area (Å²) in [5.41, 5.74) is 0. The van der Waals surface area contributed by atoms with Crippen molar-refractivity contribution < 1.29 is 0 Å². The molecule has 0 heterocycles. The van der Waals surface area contributed by atoms with Crippen LogP contribution in [0, 0.1) is 23.7 Å². The van der Waals surface area contributed by atoms with Gasteiger partial charge in [-0.25, -0.2) is 0 Å². The summed E-state index contributed by atoms with van der Waals surface area (Å²) in [6, 6.07) is 0. The van der Waals surface area contributed by atoms with Crippen LogP contribution in [-0.2, 0) is 0 Å². The molecule has 0 nitrogen and oxygen atoms in total. The zero-order chi connectivity index (χ0) is 12.6. The standard InChI is InChI=1S/C14H28.C2H6/c1-11(2)5-8-13(4)14-9-6-12(3)7-10-14;1-2/h11-14H,5-10H2,1-4H3;1-2H3. The average Bonchev–Trinajstić information content (AvgIpc) is 2.29. The van der Waals surface area contributed by atoms with E-state index < -0.39 is 0 Å². The monoisotopic (exact) mass is 226 g/mol. The molecule has 0 aliphatic heterocycles. The Morgan fingerprint density at radius 3 is 1.81 bits per heavy atom. The van der Waals surface area contributed by atoms with E-state index >= 15 is 0 Å². The van der Waals surface area contributed by atoms with Gasteiger partial charge < -0.3 is 0 Å². The van der Waals surface area contributed by atoms with Crippen molar-refractivity contribution in [3.8, 4) is 0 Å². The molecule has 0 aromatic carbocycles. The maximum absolute atomic E-state index is 2.48. The first-order chi connectivity index (χ1) is 7.59. The molecule has 16 heavy (non-hydrogen) atoms. The molecule has 98 valence electrons. The van der Waals surface area contributed by atoms with Gasteiger partial charge in [0.05, 0.1) is 0 Å². The summed E-state index contributed by atoms with van der Waals surface area (Å²) in [5.74, 6) is 3.92. The maximum Gasteiger partial charge on any atom is -0.0388 e. The highest BCUT2D eigenvalue weighted by Crippen LogP contribution is 2.35. The molecule has 0 N–H and O–H groups in total. The van der Waals surface area contributed by atoms with E-state index in [1.165, 1.54) is 38.5 Å². The number of rotatable bonds is 4. The molecule has 1 atom stereocenters. The fourth-order valence-electron chi connectivity index (χ4n) is 2.69. The summed E-state index contributed by atoms with van der Waals surface area (Å²) >= 11 is 0. The quantitative estimate of drug-likeness (QED) is 0.559. The Morgan fingerprint density at radius 1 is 0.875 bits per heavy atom. The lowest BCUT2D eigenvalue weighted by Gasteiger charge is -2.31. The van der Waals surface area contributed by atoms with E-state index in [4.69, 9.17) is 0 Å². The van der Waals surface area contributed by atoms with Gasteiger partial charge in [0.25, 0.3) is 0 Å². The van der Waals surface area contributed by atoms with Crippen LogP contribution in [-0.4, -0.2) is 0 Å². The number of hydrogen-bond acceptors (Lipinski definition) is 0. The van der Waals surface area contributed by atoms with E-state index in [1.54, 1.807) is 0 Å². The molecule has 0 bridgehead atoms. The molecule has 0 spiro atoms. The minimum absolute atomic E-state index is 0.889. The largest absolute Gasteiger partial charge is 0.0683 e. The Morgan fingerprint density at radius 2 is 1.38 bits per heavy atom. The average molecular weight is 226 g/mol. The predicted molar refractivity (Wildman–Crippen MR) is 75.7 cm³/mol. The molecule has 1 rings (SSSR count). The van der Waals surface area contributed by atoms with Gasteiger partial charge in [-0.1, -0.05) is 67.2 Å². The van der Waals surface area contributed by atoms with Gasteiger partial charge in [0, 0.05) is 0 Å². The Hall–Kier alpha value is 0. The van der Waals surface area contributed by atoms with Crippen molar-refractivity contribution in [2.45, 2.75) is 80.1 Å². The van der Waals surface area contributed by atoms with Gasteiger partial charge in [0.15, 0.2) is 0 Å². The van der Waals surface area contributed by atoms with E-state index in [-0.39, 0.29) is 0 Å². The van der Waals surface area contributed by atoms with E-state index in [0.29, 0.717) is 0 Å². The van der Waals surface area contributed by atoms with Crippen molar-refractivity contribution in [2.24, 2.45) is 23.7 Å². The summed E-state index contributed by atoms with van der Waals surface area (Å²) in [7, 11) is 0. The molecule has 1 fully saturated rings. The lowest BCUT2D eigenvalue weighted by atomic mass is 9.75. The smallest absolute Gasteiger partial charge is 0.0388 e. The Labute approximate surface area is 104 Å². The minimum atomic E-state index is 0.889. The van der Waals surface area contributed by atoms with Crippen LogP contribution < -0.4 is 0 Å². The first-order valence-corrected chi connectivity index (χ1v) is 7.59. The lowest BCUT2D eigenvalue weighted by molar-refractivity contribution is 0.209. The molecule has 1 aliphatic carbocycles. The van der Waals surface area contributed by atoms with Crippen LogP contribution in [0.4, 0.5) is 0 Å². The predicted octanol–water partition coefficient (Wildman–Crippen LogP) is 5.91. The van der Waals surface area contributed by atoms with Crippen LogP contribution >= 0.6 is 0 Å². The third kappa shape index (κ3) is 6.55. The number of hydrogen-bond donors (Lipinski definition) is 0. The highest BCUT2D eigenvalue weighted by atomic mass is 14.3. The van der Waals surface area contributed by atoms with E-state index in [2.05, 4.69) is 27.7 Å². The van der Waals surface area contributed by atoms with Gasteiger partial charge in [-0.2, -0.15) is 0 Å². The van der Waals surface area contributed by atoms with E-state index in [1.807, 2.05) is 13.8 Å². The zero-order valence-corrected chi connectivity index (χ0v) is 12.6. The van der Waals surface area contributed by atoms with Crippen LogP contribution in [0.3, 0.4) is 0 Å². The molecule has 0 amide bonds. The van der Waals surface area contributed by atoms with Gasteiger partial charge in [0.2, 0.25) is 0 Å². The van der Waals surface area contributed by atoms with Gasteiger partial charge in [-0.05, 0) is 36.5 Å². The van der Waals surface area contributed by atoms with Gasteiger partial charge in [0.1, 0.15) is 0 Å². The van der Waals surface area contributed by atoms with Crippen molar-refractivity contribution in [1.82, 2.24) is 0 Å². The summed E-state index contributed by atoms with van der Waals surface area (Å²) in [6.07, 6.45) is 8.85. The van der Waals surface area contributed by atoms with Gasteiger partial charge in [-0.3, -0.25) is 0 Å². The van der Waals surface area contributed by atoms with Crippen molar-refractivity contribution >= 4 is 0 Å². The highest BCUT2D eigenvalue weighted by molar-refractivity contribution is 4.74. The Bertz CT molecular complexity index is 140. The molecule has 0 saturated heterocycles. The molecular weight excluding hydrogens is 192 g/mol. The second-order valence-electron chi connectivity index (χ2n) is 5.97. The fraction of sp³-hybridized carbons (Fsp3) is 1.00. The lowest BCUT2D eigenvalue weighted by Crippen LogP contribution is -2.19. The van der Waals surface area contributed by atoms with Crippen LogP contribution in [0.5, 0.6) is 0 Å². The topological polar surface area (TPSA) is 0 Å².